The van der Waals surface area contributed by atoms with Crippen LogP contribution in [-0.4, -0.2) is 38.5 Å². The summed E-state index contributed by atoms with van der Waals surface area (Å²) in [7, 11) is -2.63. The number of nitrogens with zero attached hydrogens (tertiary/aromatic N) is 2. The molecule has 0 atom stereocenters. The summed E-state index contributed by atoms with van der Waals surface area (Å²) in [5.74, 6) is -0.456. The van der Waals surface area contributed by atoms with Gasteiger partial charge in [0.25, 0.3) is 0 Å². The molecule has 0 aliphatic rings. The monoisotopic (exact) mass is 375 g/mol. The largest absolute Gasteiger partial charge is 0.324 e. The summed E-state index contributed by atoms with van der Waals surface area (Å²) in [5, 5.41) is 11.8. The Kier molecular flexibility index (Phi) is 6.20. The van der Waals surface area contributed by atoms with Crippen LogP contribution in [0.1, 0.15) is 5.56 Å². The summed E-state index contributed by atoms with van der Waals surface area (Å²) in [6.07, 6.45) is 1.89. The Labute approximate surface area is 151 Å². The van der Waals surface area contributed by atoms with Gasteiger partial charge in [0.15, 0.2) is 0 Å². The number of benzene rings is 2. The number of nitrogens with one attached hydrogen (secondary N) is 1. The molecule has 1 N–H and O–H groups in total. The van der Waals surface area contributed by atoms with Crippen molar-refractivity contribution in [3.8, 4) is 6.07 Å². The fourth-order valence-electron chi connectivity index (χ4n) is 2.18. The van der Waals surface area contributed by atoms with Gasteiger partial charge in [-0.05, 0) is 30.5 Å². The van der Waals surface area contributed by atoms with Crippen molar-refractivity contribution in [1.29, 1.82) is 5.26 Å². The van der Waals surface area contributed by atoms with Crippen LogP contribution in [0.15, 0.2) is 58.3 Å². The Bertz CT molecular complexity index is 921. The molecular formula is C17H17N3O3S2. The van der Waals surface area contributed by atoms with Gasteiger partial charge in [-0.25, -0.2) is 8.42 Å². The number of likely N-dealkylation sites (N-methyl/N-ethyl adjacent to an activating group) is 1. The number of para-hydroxylation sites is 1. The molecule has 6 nitrogen and oxygen atoms in total. The number of nitriles is 1. The van der Waals surface area contributed by atoms with E-state index in [1.807, 2.05) is 24.5 Å². The van der Waals surface area contributed by atoms with Crippen LogP contribution in [-0.2, 0) is 14.8 Å². The third kappa shape index (κ3) is 4.39. The Hall–Kier alpha value is -2.34. The smallest absolute Gasteiger partial charge is 0.244 e. The van der Waals surface area contributed by atoms with Crippen molar-refractivity contribution in [2.75, 3.05) is 25.2 Å². The van der Waals surface area contributed by atoms with E-state index in [1.54, 1.807) is 18.2 Å². The van der Waals surface area contributed by atoms with E-state index in [4.69, 9.17) is 5.26 Å². The van der Waals surface area contributed by atoms with Gasteiger partial charge < -0.3 is 5.32 Å². The van der Waals surface area contributed by atoms with Crippen LogP contribution in [0.4, 0.5) is 5.69 Å². The lowest BCUT2D eigenvalue weighted by Crippen LogP contribution is -2.35. The van der Waals surface area contributed by atoms with Crippen molar-refractivity contribution in [1.82, 2.24) is 4.31 Å². The van der Waals surface area contributed by atoms with Gasteiger partial charge in [-0.2, -0.15) is 9.57 Å². The highest BCUT2D eigenvalue weighted by molar-refractivity contribution is 7.98. The van der Waals surface area contributed by atoms with Crippen molar-refractivity contribution in [3.05, 3.63) is 54.1 Å². The average Bonchev–Trinajstić information content (AvgIpc) is 2.61. The number of carbonyl (C=O) groups is 1. The summed E-state index contributed by atoms with van der Waals surface area (Å²) < 4.78 is 26.2. The van der Waals surface area contributed by atoms with Gasteiger partial charge in [0.05, 0.1) is 22.7 Å². The molecule has 0 aromatic heterocycles. The van der Waals surface area contributed by atoms with E-state index < -0.39 is 15.9 Å². The number of anilines is 1. The first-order valence-corrected chi connectivity index (χ1v) is 9.95. The number of rotatable bonds is 6. The van der Waals surface area contributed by atoms with Crippen LogP contribution in [0.3, 0.4) is 0 Å². The molecule has 0 aliphatic carbocycles. The summed E-state index contributed by atoms with van der Waals surface area (Å²) in [6, 6.07) is 15.0. The highest BCUT2D eigenvalue weighted by atomic mass is 32.2. The van der Waals surface area contributed by atoms with Crippen molar-refractivity contribution in [2.45, 2.75) is 9.79 Å². The van der Waals surface area contributed by atoms with Crippen molar-refractivity contribution in [3.63, 3.8) is 0 Å². The van der Waals surface area contributed by atoms with Gasteiger partial charge in [-0.1, -0.05) is 24.3 Å². The lowest BCUT2D eigenvalue weighted by molar-refractivity contribution is -0.116. The van der Waals surface area contributed by atoms with Gasteiger partial charge in [-0.3, -0.25) is 4.79 Å². The molecule has 1 amide bonds. The quantitative estimate of drug-likeness (QED) is 0.784. The first-order valence-electron chi connectivity index (χ1n) is 7.28. The highest BCUT2D eigenvalue weighted by Crippen LogP contribution is 2.24. The van der Waals surface area contributed by atoms with E-state index in [1.165, 1.54) is 37.0 Å². The van der Waals surface area contributed by atoms with E-state index in [2.05, 4.69) is 5.32 Å². The van der Waals surface area contributed by atoms with E-state index in [9.17, 15) is 13.2 Å². The molecule has 0 spiro atoms. The predicted octanol–water partition coefficient (Wildman–Crippen LogP) is 2.54. The van der Waals surface area contributed by atoms with Crippen LogP contribution < -0.4 is 5.32 Å². The second-order valence-corrected chi connectivity index (χ2v) is 7.98. The first-order chi connectivity index (χ1) is 11.9. The number of carbonyl (C=O) groups excluding carboxylic acids is 1. The minimum atomic E-state index is -3.94. The Morgan fingerprint density at radius 1 is 1.20 bits per heavy atom. The molecule has 25 heavy (non-hydrogen) atoms. The molecule has 0 saturated carbocycles. The minimum absolute atomic E-state index is 0.0440. The van der Waals surface area contributed by atoms with Crippen LogP contribution in [0, 0.1) is 11.3 Å². The Morgan fingerprint density at radius 3 is 2.52 bits per heavy atom. The SMILES string of the molecule is CSc1ccccc1NC(=O)CN(C)S(=O)(=O)c1ccccc1C#N. The fraction of sp³-hybridized carbons (Fsp3) is 0.176. The number of hydrogen-bond acceptors (Lipinski definition) is 5. The van der Waals surface area contributed by atoms with Crippen LogP contribution in [0.2, 0.25) is 0 Å². The molecule has 8 heteroatoms. The Morgan fingerprint density at radius 2 is 1.84 bits per heavy atom. The van der Waals surface area contributed by atoms with E-state index in [-0.39, 0.29) is 17.0 Å². The van der Waals surface area contributed by atoms with E-state index in [0.717, 1.165) is 9.20 Å². The lowest BCUT2D eigenvalue weighted by Gasteiger charge is -2.18. The molecule has 0 fully saturated rings. The lowest BCUT2D eigenvalue weighted by atomic mass is 10.2. The maximum atomic E-state index is 12.6. The second-order valence-electron chi connectivity index (χ2n) is 5.12. The first kappa shape index (κ1) is 19.0. The summed E-state index contributed by atoms with van der Waals surface area (Å²) in [4.78, 5) is 13.0. The van der Waals surface area contributed by atoms with Crippen molar-refractivity contribution in [2.24, 2.45) is 0 Å². The molecule has 130 valence electrons. The van der Waals surface area contributed by atoms with Crippen LogP contribution in [0.25, 0.3) is 0 Å². The Balaban J connectivity index is 2.17. The number of thioether (sulfide) groups is 1. The molecule has 0 radical (unpaired) electrons. The second kappa shape index (κ2) is 8.16. The molecule has 2 aromatic carbocycles. The third-order valence-electron chi connectivity index (χ3n) is 3.44. The van der Waals surface area contributed by atoms with Crippen LogP contribution in [0.5, 0.6) is 0 Å². The molecule has 2 rings (SSSR count). The standard InChI is InChI=1S/C17H17N3O3S2/c1-20(25(22,23)16-10-6-3-7-13(16)11-18)12-17(21)19-14-8-4-5-9-15(14)24-2/h3-10H,12H2,1-2H3,(H,19,21). The average molecular weight is 375 g/mol. The minimum Gasteiger partial charge on any atom is -0.324 e. The molecule has 0 saturated heterocycles. The van der Waals surface area contributed by atoms with Crippen molar-refractivity contribution < 1.29 is 13.2 Å². The molecular weight excluding hydrogens is 358 g/mol. The van der Waals surface area contributed by atoms with Gasteiger partial charge >= 0.3 is 0 Å². The molecule has 0 aliphatic heterocycles. The van der Waals surface area contributed by atoms with Crippen molar-refractivity contribution >= 4 is 33.4 Å². The van der Waals surface area contributed by atoms with E-state index >= 15 is 0 Å². The molecule has 0 heterocycles. The third-order valence-corrected chi connectivity index (χ3v) is 6.10. The van der Waals surface area contributed by atoms with Gasteiger partial charge in [0, 0.05) is 11.9 Å². The summed E-state index contributed by atoms with van der Waals surface area (Å²) >= 11 is 1.48. The maximum Gasteiger partial charge on any atom is 0.244 e. The summed E-state index contributed by atoms with van der Waals surface area (Å²) in [6.45, 7) is -0.356. The van der Waals surface area contributed by atoms with Gasteiger partial charge in [0.1, 0.15) is 6.07 Å². The normalized spacial score (nSPS) is 11.1. The zero-order chi connectivity index (χ0) is 18.4. The number of amides is 1. The maximum absolute atomic E-state index is 12.6. The number of hydrogen-bond donors (Lipinski definition) is 1. The van der Waals surface area contributed by atoms with E-state index in [0.29, 0.717) is 5.69 Å². The van der Waals surface area contributed by atoms with Gasteiger partial charge in [0.2, 0.25) is 15.9 Å². The van der Waals surface area contributed by atoms with Gasteiger partial charge in [-0.15, -0.1) is 11.8 Å². The number of sulfonamides is 1. The zero-order valence-corrected chi connectivity index (χ0v) is 15.4. The molecule has 0 unspecified atom stereocenters. The topological polar surface area (TPSA) is 90.3 Å². The zero-order valence-electron chi connectivity index (χ0n) is 13.8. The highest BCUT2D eigenvalue weighted by Gasteiger charge is 2.25. The molecule has 2 aromatic rings. The summed E-state index contributed by atoms with van der Waals surface area (Å²) in [5.41, 5.74) is 0.672. The predicted molar refractivity (Wildman–Crippen MR) is 97.8 cm³/mol. The fourth-order valence-corrected chi connectivity index (χ4v) is 4.00. The van der Waals surface area contributed by atoms with Crippen LogP contribution >= 0.6 is 11.8 Å². The molecule has 0 bridgehead atoms.